The number of amides is 1. The van der Waals surface area contributed by atoms with Gasteiger partial charge in [-0.1, -0.05) is 19.9 Å². The number of methoxy groups -OCH3 is 1. The molecule has 226 valence electrons. The first kappa shape index (κ1) is 28.6. The lowest BCUT2D eigenvalue weighted by Crippen LogP contribution is -2.69. The van der Waals surface area contributed by atoms with Crippen LogP contribution >= 0.6 is 0 Å². The van der Waals surface area contributed by atoms with E-state index in [4.69, 9.17) is 18.9 Å². The monoisotopic (exact) mass is 581 g/mol. The maximum Gasteiger partial charge on any atom is 0.308 e. The summed E-state index contributed by atoms with van der Waals surface area (Å²) in [6, 6.07) is 0.536. The molecule has 0 aliphatic carbocycles. The van der Waals surface area contributed by atoms with Crippen LogP contribution in [0.2, 0.25) is 0 Å². The lowest BCUT2D eigenvalue weighted by Gasteiger charge is -2.60. The molecule has 11 nitrogen and oxygen atoms in total. The molecule has 3 N–H and O–H groups in total. The summed E-state index contributed by atoms with van der Waals surface area (Å²) in [4.78, 5) is 29.3. The molecular weight excluding hydrogens is 542 g/mol. The van der Waals surface area contributed by atoms with Crippen molar-refractivity contribution < 1.29 is 38.7 Å². The average molecular weight is 582 g/mol. The zero-order valence-corrected chi connectivity index (χ0v) is 25.1. The minimum atomic E-state index is -0.903. The van der Waals surface area contributed by atoms with Gasteiger partial charge >= 0.3 is 5.97 Å². The first-order valence-corrected chi connectivity index (χ1v) is 14.4. The predicted octanol–water partition coefficient (Wildman–Crippen LogP) is 2.64. The molecule has 4 aliphatic heterocycles. The second kappa shape index (κ2) is 10.3. The molecule has 0 spiro atoms. The molecule has 4 aliphatic rings. The van der Waals surface area contributed by atoms with Crippen molar-refractivity contribution in [2.45, 2.75) is 77.9 Å². The van der Waals surface area contributed by atoms with E-state index in [1.807, 2.05) is 45.7 Å². The summed E-state index contributed by atoms with van der Waals surface area (Å²) in [7, 11) is 3.51. The molecule has 1 fully saturated rings. The number of piperazine rings is 1. The number of aryl methyl sites for hydroxylation is 1. The van der Waals surface area contributed by atoms with Crippen LogP contribution in [0.5, 0.6) is 28.7 Å². The molecule has 6 rings (SSSR count). The number of aliphatic hydroxyl groups excluding tert-OH is 1. The number of nitrogens with zero attached hydrogens (tertiary/aromatic N) is 2. The first-order chi connectivity index (χ1) is 20.0. The zero-order chi connectivity index (χ0) is 30.2. The lowest BCUT2D eigenvalue weighted by atomic mass is 9.73. The number of carbonyl (C=O) groups excluding carboxylic acids is 2. The van der Waals surface area contributed by atoms with Crippen molar-refractivity contribution in [2.75, 3.05) is 27.5 Å². The zero-order valence-electron chi connectivity index (χ0n) is 25.1. The highest BCUT2D eigenvalue weighted by Crippen LogP contribution is 2.58. The Kier molecular flexibility index (Phi) is 7.02. The average Bonchev–Trinajstić information content (AvgIpc) is 3.42. The summed E-state index contributed by atoms with van der Waals surface area (Å²) >= 11 is 0. The standard InChI is InChI=1S/C31H39N3O8/c1-13(2)30(37)32-11-21-23-18(27(42-16(5)35)15(4)28-29(23)41-12-40-28)10-19-24-22-17(8-14(3)26(39-7)25(22)36)9-20(33(24)6)31(38)34(19)21/h8,13,19-21,24,31,36,38H,9-12H2,1-7H3,(H,32,37)/t19?,20-,21+,24+,31+/m1/s1. The molecule has 0 radical (unpaired) electrons. The van der Waals surface area contributed by atoms with Crippen LogP contribution in [0.25, 0.3) is 0 Å². The third-order valence-electron chi connectivity index (χ3n) is 9.34. The van der Waals surface area contributed by atoms with Gasteiger partial charge in [0.1, 0.15) is 12.0 Å². The van der Waals surface area contributed by atoms with Gasteiger partial charge in [0, 0.05) is 47.7 Å². The van der Waals surface area contributed by atoms with Crippen molar-refractivity contribution in [1.29, 1.82) is 0 Å². The van der Waals surface area contributed by atoms with Gasteiger partial charge in [-0.05, 0) is 44.9 Å². The normalized spacial score (nSPS) is 25.9. The van der Waals surface area contributed by atoms with E-state index >= 15 is 0 Å². The van der Waals surface area contributed by atoms with Crippen LogP contribution in [0.1, 0.15) is 66.2 Å². The molecule has 1 unspecified atom stereocenters. The predicted molar refractivity (Wildman–Crippen MR) is 152 cm³/mol. The van der Waals surface area contributed by atoms with Crippen LogP contribution < -0.4 is 24.3 Å². The van der Waals surface area contributed by atoms with Crippen LogP contribution in [-0.4, -0.2) is 77.7 Å². The molecule has 1 saturated heterocycles. The van der Waals surface area contributed by atoms with E-state index in [2.05, 4.69) is 10.2 Å². The Morgan fingerprint density at radius 3 is 2.50 bits per heavy atom. The van der Waals surface area contributed by atoms with Gasteiger partial charge in [-0.2, -0.15) is 0 Å². The summed E-state index contributed by atoms with van der Waals surface area (Å²) in [5.41, 5.74) is 4.71. The van der Waals surface area contributed by atoms with Gasteiger partial charge in [0.05, 0.1) is 25.2 Å². The van der Waals surface area contributed by atoms with Crippen LogP contribution in [0.4, 0.5) is 0 Å². The van der Waals surface area contributed by atoms with Crippen molar-refractivity contribution in [2.24, 2.45) is 5.92 Å². The molecule has 2 aromatic carbocycles. The Morgan fingerprint density at radius 2 is 1.83 bits per heavy atom. The van der Waals surface area contributed by atoms with Gasteiger partial charge < -0.3 is 34.5 Å². The van der Waals surface area contributed by atoms with Crippen molar-refractivity contribution in [3.05, 3.63) is 39.4 Å². The number of hydrogen-bond donors (Lipinski definition) is 3. The van der Waals surface area contributed by atoms with Crippen LogP contribution in [0, 0.1) is 19.8 Å². The van der Waals surface area contributed by atoms with Crippen molar-refractivity contribution in [3.8, 4) is 28.7 Å². The fourth-order valence-electron chi connectivity index (χ4n) is 7.52. The Labute approximate surface area is 245 Å². The largest absolute Gasteiger partial charge is 0.504 e. The summed E-state index contributed by atoms with van der Waals surface area (Å²) in [6.07, 6.45) is 0.00477. The van der Waals surface area contributed by atoms with Crippen LogP contribution in [0.3, 0.4) is 0 Å². The number of esters is 1. The number of aromatic hydroxyl groups is 1. The highest BCUT2D eigenvalue weighted by Gasteiger charge is 2.56. The third-order valence-corrected chi connectivity index (χ3v) is 9.34. The van der Waals surface area contributed by atoms with E-state index < -0.39 is 18.2 Å². The molecule has 5 atom stereocenters. The number of hydrogen-bond acceptors (Lipinski definition) is 10. The fraction of sp³-hybridized carbons (Fsp3) is 0.548. The Bertz CT molecular complexity index is 1470. The second-order valence-corrected chi connectivity index (χ2v) is 12.1. The first-order valence-electron chi connectivity index (χ1n) is 14.4. The van der Waals surface area contributed by atoms with E-state index in [1.165, 1.54) is 6.92 Å². The van der Waals surface area contributed by atoms with Gasteiger partial charge in [0.25, 0.3) is 0 Å². The van der Waals surface area contributed by atoms with E-state index in [1.54, 1.807) is 7.11 Å². The fourth-order valence-corrected chi connectivity index (χ4v) is 7.52. The molecule has 2 bridgehead atoms. The number of ether oxygens (including phenoxy) is 4. The van der Waals surface area contributed by atoms with Gasteiger partial charge in [0.15, 0.2) is 23.0 Å². The second-order valence-electron chi connectivity index (χ2n) is 12.1. The number of fused-ring (bicyclic) bond motifs is 9. The summed E-state index contributed by atoms with van der Waals surface area (Å²) in [5.74, 6) is 1.14. The summed E-state index contributed by atoms with van der Waals surface area (Å²) in [5, 5.41) is 26.7. The number of aliphatic hydroxyl groups is 1. The third kappa shape index (κ3) is 4.12. The Morgan fingerprint density at radius 1 is 1.12 bits per heavy atom. The number of benzene rings is 2. The smallest absolute Gasteiger partial charge is 0.308 e. The number of nitrogens with one attached hydrogen (secondary N) is 1. The van der Waals surface area contributed by atoms with Gasteiger partial charge in [0.2, 0.25) is 12.7 Å². The molecule has 4 heterocycles. The Balaban J connectivity index is 1.58. The van der Waals surface area contributed by atoms with Gasteiger partial charge in [-0.3, -0.25) is 19.4 Å². The topological polar surface area (TPSA) is 130 Å². The van der Waals surface area contributed by atoms with E-state index in [0.29, 0.717) is 41.4 Å². The number of phenolic OH excluding ortho intramolecular Hbond substituents is 1. The molecule has 0 aromatic heterocycles. The van der Waals surface area contributed by atoms with Gasteiger partial charge in [-0.25, -0.2) is 0 Å². The minimum absolute atomic E-state index is 0.0115. The van der Waals surface area contributed by atoms with E-state index in [-0.39, 0.29) is 49.0 Å². The van der Waals surface area contributed by atoms with Crippen LogP contribution in [-0.2, 0) is 22.4 Å². The number of likely N-dealkylation sites (N-methyl/N-ethyl adjacent to an activating group) is 1. The maximum absolute atomic E-state index is 12.8. The van der Waals surface area contributed by atoms with Crippen molar-refractivity contribution in [3.63, 3.8) is 0 Å². The lowest BCUT2D eigenvalue weighted by molar-refractivity contribution is -0.172. The number of rotatable bonds is 5. The Hall–Kier alpha value is -3.54. The van der Waals surface area contributed by atoms with Crippen molar-refractivity contribution >= 4 is 11.9 Å². The summed E-state index contributed by atoms with van der Waals surface area (Å²) in [6.45, 7) is 8.95. The quantitative estimate of drug-likeness (QED) is 0.358. The summed E-state index contributed by atoms with van der Waals surface area (Å²) < 4.78 is 23.3. The molecule has 2 aromatic rings. The van der Waals surface area contributed by atoms with E-state index in [0.717, 1.165) is 27.8 Å². The molecular formula is C31H39N3O8. The molecule has 1 amide bonds. The number of carbonyl (C=O) groups is 2. The van der Waals surface area contributed by atoms with Gasteiger partial charge in [-0.15, -0.1) is 0 Å². The van der Waals surface area contributed by atoms with Crippen molar-refractivity contribution in [1.82, 2.24) is 15.1 Å². The SMILES string of the molecule is COc1c(C)cc2c(c1O)[C@@H]1C3Cc4c(OC(C)=O)c(C)c5c(c4[C@H](CNC(=O)C(C)C)N3[C@@H](O)[C@@H](C2)N1C)OCO5. The number of phenols is 1. The maximum atomic E-state index is 12.8. The highest BCUT2D eigenvalue weighted by molar-refractivity contribution is 5.78. The molecule has 11 heteroatoms. The van der Waals surface area contributed by atoms with Crippen LogP contribution in [0.15, 0.2) is 6.07 Å². The molecule has 0 saturated carbocycles. The van der Waals surface area contributed by atoms with E-state index in [9.17, 15) is 19.8 Å². The molecule has 42 heavy (non-hydrogen) atoms. The highest BCUT2D eigenvalue weighted by atomic mass is 16.7. The minimum Gasteiger partial charge on any atom is -0.504 e.